The minimum atomic E-state index is -4.06. The molecular weight excluding hydrogens is 566 g/mol. The average Bonchev–Trinajstić information content (AvgIpc) is 3.56. The number of aromatic nitrogens is 2. The number of terminal acetylenes is 1. The number of amides is 1. The molecule has 0 radical (unpaired) electrons. The van der Waals surface area contributed by atoms with E-state index >= 15 is 0 Å². The Balaban J connectivity index is 1.43. The maximum Gasteiger partial charge on any atom is 0.298 e. The second kappa shape index (κ2) is 11.7. The number of carbonyl (C=O) groups excluding carboxylic acids is 1. The Morgan fingerprint density at radius 3 is 2.68 bits per heavy atom. The number of sulfonamides is 1. The normalized spacial score (nSPS) is 14.0. The molecule has 1 aliphatic heterocycles. The van der Waals surface area contributed by atoms with Gasteiger partial charge in [0.1, 0.15) is 31.8 Å². The fourth-order valence-corrected chi connectivity index (χ4v) is 6.88. The molecule has 13 heteroatoms. The predicted octanol–water partition coefficient (Wildman–Crippen LogP) is 4.00. The van der Waals surface area contributed by atoms with Crippen molar-refractivity contribution in [2.45, 2.75) is 24.7 Å². The average molecular weight is 596 g/mol. The fraction of sp³-hybridized carbons (Fsp3) is 0.321. The van der Waals surface area contributed by atoms with Gasteiger partial charge in [0, 0.05) is 31.7 Å². The molecule has 214 valence electrons. The monoisotopic (exact) mass is 595 g/mol. The van der Waals surface area contributed by atoms with Crippen molar-refractivity contribution in [3.05, 3.63) is 42.1 Å². The van der Waals surface area contributed by atoms with E-state index in [2.05, 4.69) is 25.7 Å². The molecule has 1 saturated heterocycles. The molecule has 0 unspecified atom stereocenters. The van der Waals surface area contributed by atoms with Crippen molar-refractivity contribution in [3.63, 3.8) is 0 Å². The molecule has 1 N–H and O–H groups in total. The second-order valence-corrected chi connectivity index (χ2v) is 12.0. The molecule has 2 aromatic carbocycles. The van der Waals surface area contributed by atoms with Gasteiger partial charge in [-0.15, -0.1) is 6.42 Å². The van der Waals surface area contributed by atoms with E-state index in [1.165, 1.54) is 25.6 Å². The topological polar surface area (TPSA) is 127 Å². The van der Waals surface area contributed by atoms with E-state index in [0.717, 1.165) is 34.1 Å². The Morgan fingerprint density at radius 2 is 1.95 bits per heavy atom. The molecule has 4 aromatic rings. The summed E-state index contributed by atoms with van der Waals surface area (Å²) in [6.07, 6.45) is 8.55. The van der Waals surface area contributed by atoms with Gasteiger partial charge >= 0.3 is 0 Å². The molecule has 1 aliphatic rings. The summed E-state index contributed by atoms with van der Waals surface area (Å²) in [4.78, 5) is 20.4. The van der Waals surface area contributed by atoms with Crippen molar-refractivity contribution in [1.82, 2.24) is 15.0 Å². The van der Waals surface area contributed by atoms with Gasteiger partial charge in [-0.25, -0.2) is 13.4 Å². The van der Waals surface area contributed by atoms with Gasteiger partial charge in [0.15, 0.2) is 11.4 Å². The summed E-state index contributed by atoms with van der Waals surface area (Å²) < 4.78 is 45.8. The first-order valence-corrected chi connectivity index (χ1v) is 15.2. The van der Waals surface area contributed by atoms with E-state index in [1.54, 1.807) is 35.4 Å². The molecule has 1 amide bonds. The van der Waals surface area contributed by atoms with E-state index in [9.17, 15) is 13.2 Å². The molecule has 1 fully saturated rings. The summed E-state index contributed by atoms with van der Waals surface area (Å²) in [5.74, 6) is 2.49. The number of hydrogen-bond acceptors (Lipinski definition) is 10. The van der Waals surface area contributed by atoms with Gasteiger partial charge in [0.2, 0.25) is 0 Å². The lowest BCUT2D eigenvalue weighted by molar-refractivity contribution is -0.124. The molecule has 41 heavy (non-hydrogen) atoms. The maximum atomic E-state index is 13.4. The van der Waals surface area contributed by atoms with E-state index in [0.29, 0.717) is 42.8 Å². The number of anilines is 2. The van der Waals surface area contributed by atoms with Crippen LogP contribution in [0.5, 0.6) is 11.5 Å². The van der Waals surface area contributed by atoms with Crippen molar-refractivity contribution in [3.8, 4) is 34.4 Å². The minimum Gasteiger partial charge on any atom is -0.496 e. The van der Waals surface area contributed by atoms with Crippen LogP contribution in [0.15, 0.2) is 45.9 Å². The number of methoxy groups -OCH3 is 2. The summed E-state index contributed by atoms with van der Waals surface area (Å²) >= 11 is 1.49. The first kappa shape index (κ1) is 28.3. The van der Waals surface area contributed by atoms with E-state index in [1.807, 2.05) is 13.0 Å². The SMILES string of the molecule is C#CC(=O)N1CCCN(c2cnc(-c3cc(OC)c4c(NS(=O)(=O)c5cc(CC)ccc5OC)noc4c3)s2)CC1. The smallest absolute Gasteiger partial charge is 0.298 e. The Kier molecular flexibility index (Phi) is 8.05. The van der Waals surface area contributed by atoms with Gasteiger partial charge in [0.05, 0.1) is 20.4 Å². The van der Waals surface area contributed by atoms with Crippen molar-refractivity contribution >= 4 is 49.1 Å². The van der Waals surface area contributed by atoms with E-state index < -0.39 is 10.0 Å². The number of rotatable bonds is 8. The molecular formula is C28H29N5O6S2. The first-order chi connectivity index (χ1) is 19.8. The van der Waals surface area contributed by atoms with Gasteiger partial charge < -0.3 is 23.8 Å². The van der Waals surface area contributed by atoms with Gasteiger partial charge in [-0.1, -0.05) is 29.5 Å². The zero-order valence-corrected chi connectivity index (χ0v) is 24.5. The van der Waals surface area contributed by atoms with Crippen molar-refractivity contribution in [2.24, 2.45) is 0 Å². The van der Waals surface area contributed by atoms with Crippen LogP contribution in [0, 0.1) is 12.3 Å². The molecule has 3 heterocycles. The lowest BCUT2D eigenvalue weighted by atomic mass is 10.1. The molecule has 0 bridgehead atoms. The zero-order chi connectivity index (χ0) is 29.1. The van der Waals surface area contributed by atoms with Crippen LogP contribution in [0.4, 0.5) is 10.8 Å². The molecule has 0 atom stereocenters. The quantitative estimate of drug-likeness (QED) is 0.301. The first-order valence-electron chi connectivity index (χ1n) is 12.9. The van der Waals surface area contributed by atoms with Crippen molar-refractivity contribution in [2.75, 3.05) is 50.0 Å². The van der Waals surface area contributed by atoms with Crippen LogP contribution in [-0.4, -0.2) is 69.8 Å². The van der Waals surface area contributed by atoms with Gasteiger partial charge in [0.25, 0.3) is 15.9 Å². The molecule has 5 rings (SSSR count). The van der Waals surface area contributed by atoms with Gasteiger partial charge in [-0.2, -0.15) is 0 Å². The van der Waals surface area contributed by atoms with E-state index in [4.69, 9.17) is 20.4 Å². The Hall–Kier alpha value is -4.28. The number of aryl methyl sites for hydroxylation is 1. The number of thiazole rings is 1. The highest BCUT2D eigenvalue weighted by Crippen LogP contribution is 2.40. The zero-order valence-electron chi connectivity index (χ0n) is 22.8. The summed E-state index contributed by atoms with van der Waals surface area (Å²) in [6.45, 7) is 4.52. The number of fused-ring (bicyclic) bond motifs is 1. The van der Waals surface area contributed by atoms with Crippen LogP contribution in [0.1, 0.15) is 18.9 Å². The molecule has 0 saturated carbocycles. The highest BCUT2D eigenvalue weighted by atomic mass is 32.2. The third-order valence-electron chi connectivity index (χ3n) is 6.87. The van der Waals surface area contributed by atoms with Crippen LogP contribution >= 0.6 is 11.3 Å². The van der Waals surface area contributed by atoms with Crippen molar-refractivity contribution < 1.29 is 27.2 Å². The number of carbonyl (C=O) groups is 1. The Labute approximate surface area is 242 Å². The van der Waals surface area contributed by atoms with Crippen LogP contribution in [0.3, 0.4) is 0 Å². The summed E-state index contributed by atoms with van der Waals surface area (Å²) in [6, 6.07) is 8.54. The number of benzene rings is 2. The van der Waals surface area contributed by atoms with Crippen LogP contribution in [0.2, 0.25) is 0 Å². The number of ether oxygens (including phenoxy) is 2. The number of nitrogens with zero attached hydrogens (tertiary/aromatic N) is 4. The Bertz CT molecular complexity index is 1740. The van der Waals surface area contributed by atoms with Crippen LogP contribution in [-0.2, 0) is 21.2 Å². The van der Waals surface area contributed by atoms with Crippen LogP contribution < -0.4 is 19.1 Å². The lowest BCUT2D eigenvalue weighted by Gasteiger charge is -2.20. The van der Waals surface area contributed by atoms with Crippen molar-refractivity contribution in [1.29, 1.82) is 0 Å². The predicted molar refractivity (Wildman–Crippen MR) is 157 cm³/mol. The van der Waals surface area contributed by atoms with E-state index in [-0.39, 0.29) is 22.4 Å². The summed E-state index contributed by atoms with van der Waals surface area (Å²) in [5, 5.41) is 6.07. The number of nitrogens with one attached hydrogen (secondary N) is 1. The maximum absolute atomic E-state index is 13.4. The summed E-state index contributed by atoms with van der Waals surface area (Å²) in [5.41, 5.74) is 1.91. The number of hydrogen-bond donors (Lipinski definition) is 1. The molecule has 2 aromatic heterocycles. The Morgan fingerprint density at radius 1 is 1.15 bits per heavy atom. The highest BCUT2D eigenvalue weighted by Gasteiger charge is 2.26. The van der Waals surface area contributed by atoms with Crippen LogP contribution in [0.25, 0.3) is 21.5 Å². The van der Waals surface area contributed by atoms with Gasteiger partial charge in [-0.05, 0) is 48.6 Å². The largest absolute Gasteiger partial charge is 0.496 e. The standard InChI is InChI=1S/C28H29N5O6S2/c1-5-18-8-9-20(37-3)23(14-18)41(35,36)31-27-26-21(38-4)15-19(16-22(26)39-30-27)28-29-17-25(40-28)33-11-7-10-32(12-13-33)24(34)6-2/h2,8-9,14-17H,5,7,10-13H2,1,3-4H3,(H,30,31). The summed E-state index contributed by atoms with van der Waals surface area (Å²) in [7, 11) is -1.15. The molecule has 11 nitrogen and oxygen atoms in total. The third kappa shape index (κ3) is 5.66. The molecule has 0 spiro atoms. The third-order valence-corrected chi connectivity index (χ3v) is 9.34. The minimum absolute atomic E-state index is 0.00157. The van der Waals surface area contributed by atoms with Gasteiger partial charge in [-0.3, -0.25) is 9.52 Å². The molecule has 0 aliphatic carbocycles. The highest BCUT2D eigenvalue weighted by molar-refractivity contribution is 7.92. The lowest BCUT2D eigenvalue weighted by Crippen LogP contribution is -2.34. The second-order valence-electron chi connectivity index (χ2n) is 9.31. The fourth-order valence-electron chi connectivity index (χ4n) is 4.70.